The van der Waals surface area contributed by atoms with Crippen molar-refractivity contribution < 1.29 is 4.74 Å². The van der Waals surface area contributed by atoms with Gasteiger partial charge in [0.15, 0.2) is 0 Å². The number of hydrogen-bond acceptors (Lipinski definition) is 2. The summed E-state index contributed by atoms with van der Waals surface area (Å²) in [7, 11) is 1.71. The minimum atomic E-state index is 0.618. The van der Waals surface area contributed by atoms with Crippen LogP contribution in [0.5, 0.6) is 5.75 Å². The first-order valence-corrected chi connectivity index (χ1v) is 8.05. The number of benzene rings is 1. The summed E-state index contributed by atoms with van der Waals surface area (Å²) in [6.07, 6.45) is 5.35. The Labute approximate surface area is 127 Å². The van der Waals surface area contributed by atoms with Crippen molar-refractivity contribution in [1.82, 2.24) is 5.32 Å². The topological polar surface area (TPSA) is 21.3 Å². The number of rotatable bonds is 5. The second-order valence-corrected chi connectivity index (χ2v) is 6.57. The normalized spacial score (nSPS) is 23.1. The molecular weight excluding hydrogens is 270 g/mol. The standard InChI is InChI=1S/C17H26ClNO/c1-12(2)15-6-4-5-7-16(15)19-11-13-10-14(18)8-9-17(13)20-3/h8-10,12,15-16,19H,4-7,11H2,1-3H3. The van der Waals surface area contributed by atoms with E-state index >= 15 is 0 Å². The minimum absolute atomic E-state index is 0.618. The van der Waals surface area contributed by atoms with Crippen molar-refractivity contribution in [2.75, 3.05) is 7.11 Å². The van der Waals surface area contributed by atoms with Crippen molar-refractivity contribution in [3.63, 3.8) is 0 Å². The number of nitrogens with one attached hydrogen (secondary N) is 1. The predicted octanol–water partition coefficient (Wildman–Crippen LogP) is 4.65. The molecule has 2 atom stereocenters. The molecule has 2 nitrogen and oxygen atoms in total. The molecule has 2 rings (SSSR count). The van der Waals surface area contributed by atoms with Gasteiger partial charge >= 0.3 is 0 Å². The molecule has 0 spiro atoms. The SMILES string of the molecule is COc1ccc(Cl)cc1CNC1CCCCC1C(C)C. The van der Waals surface area contributed by atoms with Crippen LogP contribution < -0.4 is 10.1 Å². The van der Waals surface area contributed by atoms with E-state index in [1.54, 1.807) is 7.11 Å². The van der Waals surface area contributed by atoms with Crippen LogP contribution in [0.4, 0.5) is 0 Å². The van der Waals surface area contributed by atoms with Crippen molar-refractivity contribution in [1.29, 1.82) is 0 Å². The molecule has 0 aliphatic heterocycles. The summed E-state index contributed by atoms with van der Waals surface area (Å²) in [6, 6.07) is 6.44. The lowest BCUT2D eigenvalue weighted by Crippen LogP contribution is -2.40. The first-order chi connectivity index (χ1) is 9.61. The van der Waals surface area contributed by atoms with Crippen molar-refractivity contribution in [2.45, 2.75) is 52.1 Å². The zero-order valence-electron chi connectivity index (χ0n) is 12.8. The maximum Gasteiger partial charge on any atom is 0.123 e. The summed E-state index contributed by atoms with van der Waals surface area (Å²) in [5.74, 6) is 2.45. The molecule has 1 aromatic carbocycles. The van der Waals surface area contributed by atoms with E-state index in [1.807, 2.05) is 18.2 Å². The van der Waals surface area contributed by atoms with E-state index < -0.39 is 0 Å². The third kappa shape index (κ3) is 3.89. The molecule has 0 radical (unpaired) electrons. The van der Waals surface area contributed by atoms with Gasteiger partial charge in [-0.05, 0) is 42.9 Å². The lowest BCUT2D eigenvalue weighted by molar-refractivity contribution is 0.204. The van der Waals surface area contributed by atoms with Crippen LogP contribution in [0.2, 0.25) is 5.02 Å². The van der Waals surface area contributed by atoms with E-state index in [2.05, 4.69) is 19.2 Å². The molecule has 1 aliphatic rings. The molecule has 0 amide bonds. The Morgan fingerprint density at radius 2 is 2.05 bits per heavy atom. The summed E-state index contributed by atoms with van der Waals surface area (Å²) in [5, 5.41) is 4.50. The highest BCUT2D eigenvalue weighted by Crippen LogP contribution is 2.31. The fourth-order valence-electron chi connectivity index (χ4n) is 3.34. The van der Waals surface area contributed by atoms with Gasteiger partial charge in [-0.15, -0.1) is 0 Å². The van der Waals surface area contributed by atoms with Gasteiger partial charge < -0.3 is 10.1 Å². The molecule has 1 N–H and O–H groups in total. The summed E-state index contributed by atoms with van der Waals surface area (Å²) < 4.78 is 5.42. The largest absolute Gasteiger partial charge is 0.496 e. The summed E-state index contributed by atoms with van der Waals surface area (Å²) in [4.78, 5) is 0. The van der Waals surface area contributed by atoms with Crippen LogP contribution in [0, 0.1) is 11.8 Å². The van der Waals surface area contributed by atoms with Crippen molar-refractivity contribution in [3.8, 4) is 5.75 Å². The maximum absolute atomic E-state index is 6.09. The molecule has 112 valence electrons. The van der Waals surface area contributed by atoms with E-state index in [1.165, 1.54) is 25.7 Å². The average Bonchev–Trinajstić information content (AvgIpc) is 2.45. The van der Waals surface area contributed by atoms with Crippen LogP contribution >= 0.6 is 11.6 Å². The van der Waals surface area contributed by atoms with Gasteiger partial charge in [0.1, 0.15) is 5.75 Å². The molecule has 20 heavy (non-hydrogen) atoms. The first kappa shape index (κ1) is 15.7. The number of ether oxygens (including phenoxy) is 1. The van der Waals surface area contributed by atoms with E-state index in [4.69, 9.17) is 16.3 Å². The Hall–Kier alpha value is -0.730. The number of halogens is 1. The Kier molecular flexibility index (Phi) is 5.74. The first-order valence-electron chi connectivity index (χ1n) is 7.67. The van der Waals surface area contributed by atoms with Crippen LogP contribution in [0.25, 0.3) is 0 Å². The highest BCUT2D eigenvalue weighted by molar-refractivity contribution is 6.30. The highest BCUT2D eigenvalue weighted by atomic mass is 35.5. The molecule has 0 aromatic heterocycles. The molecule has 1 fully saturated rings. The van der Waals surface area contributed by atoms with Crippen LogP contribution in [0.15, 0.2) is 18.2 Å². The van der Waals surface area contributed by atoms with Crippen LogP contribution in [0.1, 0.15) is 45.1 Å². The molecule has 0 saturated heterocycles. The number of methoxy groups -OCH3 is 1. The van der Waals surface area contributed by atoms with Gasteiger partial charge in [-0.25, -0.2) is 0 Å². The summed E-state index contributed by atoms with van der Waals surface area (Å²) in [6.45, 7) is 5.51. The molecule has 1 saturated carbocycles. The Balaban J connectivity index is 2.01. The van der Waals surface area contributed by atoms with E-state index in [-0.39, 0.29) is 0 Å². The van der Waals surface area contributed by atoms with Gasteiger partial charge in [0.25, 0.3) is 0 Å². The Morgan fingerprint density at radius 1 is 1.30 bits per heavy atom. The quantitative estimate of drug-likeness (QED) is 0.853. The lowest BCUT2D eigenvalue weighted by Gasteiger charge is -2.35. The number of hydrogen-bond donors (Lipinski definition) is 1. The molecular formula is C17H26ClNO. The maximum atomic E-state index is 6.09. The second-order valence-electron chi connectivity index (χ2n) is 6.14. The van der Waals surface area contributed by atoms with Gasteiger partial charge in [0, 0.05) is 23.2 Å². The Bertz CT molecular complexity index is 433. The average molecular weight is 296 g/mol. The molecule has 0 heterocycles. The minimum Gasteiger partial charge on any atom is -0.496 e. The van der Waals surface area contributed by atoms with Gasteiger partial charge in [-0.3, -0.25) is 0 Å². The predicted molar refractivity (Wildman–Crippen MR) is 85.4 cm³/mol. The Morgan fingerprint density at radius 3 is 2.75 bits per heavy atom. The summed E-state index contributed by atoms with van der Waals surface area (Å²) >= 11 is 6.09. The molecule has 1 aromatic rings. The van der Waals surface area contributed by atoms with Crippen LogP contribution in [0.3, 0.4) is 0 Å². The van der Waals surface area contributed by atoms with Crippen molar-refractivity contribution in [3.05, 3.63) is 28.8 Å². The smallest absolute Gasteiger partial charge is 0.123 e. The van der Waals surface area contributed by atoms with Gasteiger partial charge in [-0.1, -0.05) is 38.3 Å². The lowest BCUT2D eigenvalue weighted by atomic mass is 9.78. The zero-order valence-corrected chi connectivity index (χ0v) is 13.5. The van der Waals surface area contributed by atoms with Crippen molar-refractivity contribution >= 4 is 11.6 Å². The van der Waals surface area contributed by atoms with E-state index in [0.29, 0.717) is 6.04 Å². The fraction of sp³-hybridized carbons (Fsp3) is 0.647. The molecule has 1 aliphatic carbocycles. The van der Waals surface area contributed by atoms with Gasteiger partial charge in [-0.2, -0.15) is 0 Å². The highest BCUT2D eigenvalue weighted by Gasteiger charge is 2.27. The van der Waals surface area contributed by atoms with Crippen molar-refractivity contribution in [2.24, 2.45) is 11.8 Å². The van der Waals surface area contributed by atoms with E-state index in [0.717, 1.165) is 34.7 Å². The van der Waals surface area contributed by atoms with Gasteiger partial charge in [0.05, 0.1) is 7.11 Å². The molecule has 2 unspecified atom stereocenters. The summed E-state index contributed by atoms with van der Waals surface area (Å²) in [5.41, 5.74) is 1.15. The monoisotopic (exact) mass is 295 g/mol. The van der Waals surface area contributed by atoms with Gasteiger partial charge in [0.2, 0.25) is 0 Å². The third-order valence-electron chi connectivity index (χ3n) is 4.47. The van der Waals surface area contributed by atoms with Crippen LogP contribution in [-0.2, 0) is 6.54 Å². The molecule has 0 bridgehead atoms. The van der Waals surface area contributed by atoms with Crippen LogP contribution in [-0.4, -0.2) is 13.2 Å². The second kappa shape index (κ2) is 7.33. The fourth-order valence-corrected chi connectivity index (χ4v) is 3.53. The zero-order chi connectivity index (χ0) is 14.5. The molecule has 3 heteroatoms. The van der Waals surface area contributed by atoms with E-state index in [9.17, 15) is 0 Å². The third-order valence-corrected chi connectivity index (χ3v) is 4.71.